The Morgan fingerprint density at radius 3 is 2.52 bits per heavy atom. The maximum absolute atomic E-state index is 12.4. The Kier molecular flexibility index (Phi) is 3.91. The molecule has 1 saturated heterocycles. The molecular weight excluding hydrogens is 338 g/mol. The van der Waals surface area contributed by atoms with Crippen LogP contribution in [-0.4, -0.2) is 41.7 Å². The summed E-state index contributed by atoms with van der Waals surface area (Å²) in [7, 11) is -3.03. The lowest BCUT2D eigenvalue weighted by molar-refractivity contribution is 0.0945. The summed E-state index contributed by atoms with van der Waals surface area (Å²) in [6, 6.07) is 9.78. The molecule has 0 unspecified atom stereocenters. The molecule has 2 aliphatic rings. The van der Waals surface area contributed by atoms with E-state index in [1.807, 2.05) is 31.2 Å². The van der Waals surface area contributed by atoms with Gasteiger partial charge in [0.2, 0.25) is 0 Å². The van der Waals surface area contributed by atoms with Crippen LogP contribution in [0, 0.1) is 6.92 Å². The molecule has 25 heavy (non-hydrogen) atoms. The van der Waals surface area contributed by atoms with Crippen molar-refractivity contribution in [2.24, 2.45) is 0 Å². The first kappa shape index (κ1) is 16.3. The number of rotatable bonds is 4. The Balaban J connectivity index is 1.72. The Hall–Kier alpha value is -2.15. The monoisotopic (exact) mass is 359 g/mol. The van der Waals surface area contributed by atoms with E-state index in [0.29, 0.717) is 12.1 Å². The summed E-state index contributed by atoms with van der Waals surface area (Å²) in [6.07, 6.45) is 2.56. The summed E-state index contributed by atoms with van der Waals surface area (Å²) in [6.45, 7) is 2.01. The van der Waals surface area contributed by atoms with Gasteiger partial charge in [0.05, 0.1) is 23.2 Å². The highest BCUT2D eigenvalue weighted by atomic mass is 32.2. The number of carbonyl (C=O) groups excluding carboxylic acids is 1. The molecule has 0 spiro atoms. The molecule has 7 heteroatoms. The van der Waals surface area contributed by atoms with E-state index in [1.165, 1.54) is 0 Å². The summed E-state index contributed by atoms with van der Waals surface area (Å²) < 4.78 is 25.5. The molecule has 1 aromatic heterocycles. The predicted octanol–water partition coefficient (Wildman–Crippen LogP) is 2.11. The van der Waals surface area contributed by atoms with Crippen LogP contribution in [0.1, 0.15) is 41.4 Å². The van der Waals surface area contributed by atoms with Crippen molar-refractivity contribution in [1.29, 1.82) is 0 Å². The molecule has 0 bridgehead atoms. The Morgan fingerprint density at radius 1 is 1.20 bits per heavy atom. The van der Waals surface area contributed by atoms with Gasteiger partial charge in [-0.15, -0.1) is 0 Å². The van der Waals surface area contributed by atoms with Crippen LogP contribution in [0.4, 0.5) is 0 Å². The first-order valence-electron chi connectivity index (χ1n) is 8.59. The second-order valence-corrected chi connectivity index (χ2v) is 9.26. The number of aryl methyl sites for hydroxylation is 1. The minimum Gasteiger partial charge on any atom is -0.348 e. The molecule has 2 aromatic rings. The molecule has 1 aliphatic heterocycles. The molecule has 2 fully saturated rings. The predicted molar refractivity (Wildman–Crippen MR) is 95.2 cm³/mol. The standard InChI is InChI=1S/C18H21N3O3S/c1-12-2-4-13(5-3-12)17-10-16(18(22)19-14-6-7-14)20-21(17)15-8-9-25(23,24)11-15/h2-5,10,14-15H,6-9,11H2,1H3,(H,19,22)/t15-/m1/s1. The minimum atomic E-state index is -3.03. The molecule has 2 heterocycles. The van der Waals surface area contributed by atoms with Crippen LogP contribution >= 0.6 is 0 Å². The minimum absolute atomic E-state index is 0.0806. The average molecular weight is 359 g/mol. The highest BCUT2D eigenvalue weighted by Gasteiger charge is 2.32. The molecule has 1 N–H and O–H groups in total. The van der Waals surface area contributed by atoms with E-state index >= 15 is 0 Å². The third-order valence-electron chi connectivity index (χ3n) is 4.78. The largest absolute Gasteiger partial charge is 0.348 e. The van der Waals surface area contributed by atoms with Crippen molar-refractivity contribution >= 4 is 15.7 Å². The molecular formula is C18H21N3O3S. The van der Waals surface area contributed by atoms with Gasteiger partial charge in [0.1, 0.15) is 0 Å². The number of amides is 1. The molecule has 132 valence electrons. The number of hydrogen-bond donors (Lipinski definition) is 1. The van der Waals surface area contributed by atoms with Crippen molar-refractivity contribution < 1.29 is 13.2 Å². The van der Waals surface area contributed by atoms with Gasteiger partial charge in [-0.2, -0.15) is 5.10 Å². The number of benzene rings is 1. The summed E-state index contributed by atoms with van der Waals surface area (Å²) in [5.74, 6) is 0.0709. The van der Waals surface area contributed by atoms with Crippen LogP contribution in [0.2, 0.25) is 0 Å². The first-order valence-corrected chi connectivity index (χ1v) is 10.4. The zero-order valence-corrected chi connectivity index (χ0v) is 14.9. The third kappa shape index (κ3) is 3.46. The fourth-order valence-corrected chi connectivity index (χ4v) is 4.87. The number of nitrogens with one attached hydrogen (secondary N) is 1. The number of sulfone groups is 1. The fourth-order valence-electron chi connectivity index (χ4n) is 3.18. The highest BCUT2D eigenvalue weighted by Crippen LogP contribution is 2.30. The van der Waals surface area contributed by atoms with E-state index in [9.17, 15) is 13.2 Å². The molecule has 1 atom stereocenters. The highest BCUT2D eigenvalue weighted by molar-refractivity contribution is 7.91. The fraction of sp³-hybridized carbons (Fsp3) is 0.444. The van der Waals surface area contributed by atoms with Crippen molar-refractivity contribution in [3.05, 3.63) is 41.6 Å². The van der Waals surface area contributed by atoms with Gasteiger partial charge in [0.25, 0.3) is 5.91 Å². The van der Waals surface area contributed by atoms with E-state index in [2.05, 4.69) is 10.4 Å². The number of aromatic nitrogens is 2. The van der Waals surface area contributed by atoms with Crippen molar-refractivity contribution in [3.63, 3.8) is 0 Å². The Labute approximate surface area is 147 Å². The van der Waals surface area contributed by atoms with E-state index in [-0.39, 0.29) is 29.5 Å². The quantitative estimate of drug-likeness (QED) is 0.906. The molecule has 1 aliphatic carbocycles. The van der Waals surface area contributed by atoms with E-state index in [4.69, 9.17) is 0 Å². The van der Waals surface area contributed by atoms with Crippen LogP contribution in [0.25, 0.3) is 11.3 Å². The lowest BCUT2D eigenvalue weighted by Crippen LogP contribution is -2.26. The van der Waals surface area contributed by atoms with Crippen LogP contribution in [0.5, 0.6) is 0 Å². The van der Waals surface area contributed by atoms with E-state index < -0.39 is 9.84 Å². The average Bonchev–Trinajstić information content (AvgIpc) is 3.14. The third-order valence-corrected chi connectivity index (χ3v) is 6.53. The van der Waals surface area contributed by atoms with E-state index in [1.54, 1.807) is 10.7 Å². The van der Waals surface area contributed by atoms with Crippen molar-refractivity contribution in [3.8, 4) is 11.3 Å². The van der Waals surface area contributed by atoms with Gasteiger partial charge in [-0.3, -0.25) is 9.48 Å². The summed E-state index contributed by atoms with van der Waals surface area (Å²) >= 11 is 0. The van der Waals surface area contributed by atoms with Gasteiger partial charge < -0.3 is 5.32 Å². The number of nitrogens with zero attached hydrogens (tertiary/aromatic N) is 2. The lowest BCUT2D eigenvalue weighted by Gasteiger charge is -2.13. The van der Waals surface area contributed by atoms with Crippen LogP contribution in [-0.2, 0) is 9.84 Å². The number of hydrogen-bond acceptors (Lipinski definition) is 4. The second-order valence-electron chi connectivity index (χ2n) is 7.03. The second kappa shape index (κ2) is 5.98. The summed E-state index contributed by atoms with van der Waals surface area (Å²) in [5.41, 5.74) is 3.23. The van der Waals surface area contributed by atoms with E-state index in [0.717, 1.165) is 29.7 Å². The first-order chi connectivity index (χ1) is 11.9. The van der Waals surface area contributed by atoms with Gasteiger partial charge in [-0.05, 0) is 37.8 Å². The summed E-state index contributed by atoms with van der Waals surface area (Å²) in [5, 5.41) is 7.42. The molecule has 0 radical (unpaired) electrons. The molecule has 1 amide bonds. The van der Waals surface area contributed by atoms with Gasteiger partial charge in [-0.25, -0.2) is 8.42 Å². The molecule has 6 nitrogen and oxygen atoms in total. The van der Waals surface area contributed by atoms with Gasteiger partial charge >= 0.3 is 0 Å². The normalized spacial score (nSPS) is 22.0. The lowest BCUT2D eigenvalue weighted by atomic mass is 10.1. The van der Waals surface area contributed by atoms with Crippen LogP contribution in [0.15, 0.2) is 30.3 Å². The van der Waals surface area contributed by atoms with Gasteiger partial charge in [0, 0.05) is 6.04 Å². The zero-order valence-electron chi connectivity index (χ0n) is 14.1. The zero-order chi connectivity index (χ0) is 17.6. The smallest absolute Gasteiger partial charge is 0.272 e. The Morgan fingerprint density at radius 2 is 1.92 bits per heavy atom. The van der Waals surface area contributed by atoms with Gasteiger partial charge in [0.15, 0.2) is 15.5 Å². The topological polar surface area (TPSA) is 81.1 Å². The molecule has 1 aromatic carbocycles. The maximum Gasteiger partial charge on any atom is 0.272 e. The number of carbonyl (C=O) groups is 1. The van der Waals surface area contributed by atoms with Crippen molar-refractivity contribution in [2.45, 2.75) is 38.3 Å². The Bertz CT molecular complexity index is 912. The SMILES string of the molecule is Cc1ccc(-c2cc(C(=O)NC3CC3)nn2[C@@H]2CCS(=O)(=O)C2)cc1. The summed E-state index contributed by atoms with van der Waals surface area (Å²) in [4.78, 5) is 12.4. The molecule has 1 saturated carbocycles. The molecule has 4 rings (SSSR count). The van der Waals surface area contributed by atoms with Crippen LogP contribution < -0.4 is 5.32 Å². The maximum atomic E-state index is 12.4. The van der Waals surface area contributed by atoms with Crippen molar-refractivity contribution in [1.82, 2.24) is 15.1 Å². The van der Waals surface area contributed by atoms with Gasteiger partial charge in [-0.1, -0.05) is 29.8 Å². The van der Waals surface area contributed by atoms with Crippen molar-refractivity contribution in [2.75, 3.05) is 11.5 Å². The van der Waals surface area contributed by atoms with Crippen LogP contribution in [0.3, 0.4) is 0 Å².